The Morgan fingerprint density at radius 3 is 3.07 bits per heavy atom. The Labute approximate surface area is 96.3 Å². The topological polar surface area (TPSA) is 15.3 Å². The van der Waals surface area contributed by atoms with Crippen molar-refractivity contribution in [1.82, 2.24) is 10.2 Å². The predicted octanol–water partition coefficient (Wildman–Crippen LogP) is 2.35. The van der Waals surface area contributed by atoms with E-state index in [2.05, 4.69) is 41.7 Å². The van der Waals surface area contributed by atoms with Gasteiger partial charge in [0, 0.05) is 10.9 Å². The average molecular weight is 224 g/mol. The fourth-order valence-electron chi connectivity index (χ4n) is 2.63. The molecule has 1 aliphatic heterocycles. The van der Waals surface area contributed by atoms with E-state index in [1.54, 1.807) is 0 Å². The monoisotopic (exact) mass is 224 g/mol. The fourth-order valence-corrected chi connectivity index (χ4v) is 3.58. The smallest absolute Gasteiger partial charge is 0.0482 e. The molecule has 2 unspecified atom stereocenters. The lowest BCUT2D eigenvalue weighted by Crippen LogP contribution is -2.28. The van der Waals surface area contributed by atoms with Crippen LogP contribution in [0.4, 0.5) is 0 Å². The lowest BCUT2D eigenvalue weighted by Gasteiger charge is -2.26. The molecule has 0 spiro atoms. The normalized spacial score (nSPS) is 27.3. The first-order chi connectivity index (χ1) is 7.36. The van der Waals surface area contributed by atoms with Crippen LogP contribution in [0.5, 0.6) is 0 Å². The van der Waals surface area contributed by atoms with E-state index in [4.69, 9.17) is 0 Å². The highest BCUT2D eigenvalue weighted by Crippen LogP contribution is 2.38. The highest BCUT2D eigenvalue weighted by molar-refractivity contribution is 7.10. The Morgan fingerprint density at radius 2 is 2.47 bits per heavy atom. The van der Waals surface area contributed by atoms with Gasteiger partial charge in [0.2, 0.25) is 0 Å². The second-order valence-electron chi connectivity index (χ2n) is 4.20. The lowest BCUT2D eigenvalue weighted by atomic mass is 9.99. The van der Waals surface area contributed by atoms with Gasteiger partial charge in [0.05, 0.1) is 0 Å². The minimum Gasteiger partial charge on any atom is -0.319 e. The fraction of sp³-hybridized carbons (Fsp3) is 0.667. The molecule has 0 radical (unpaired) electrons. The van der Waals surface area contributed by atoms with E-state index in [0.29, 0.717) is 6.04 Å². The number of hydrogen-bond acceptors (Lipinski definition) is 3. The SMILES string of the molecule is CCN1CCC(CNC)C1c1cccs1. The molecule has 2 nitrogen and oxygen atoms in total. The molecule has 1 aromatic heterocycles. The van der Waals surface area contributed by atoms with Crippen LogP contribution in [0, 0.1) is 5.92 Å². The van der Waals surface area contributed by atoms with Gasteiger partial charge in [-0.1, -0.05) is 13.0 Å². The standard InChI is InChI=1S/C12H20N2S/c1-3-14-7-6-10(9-13-2)12(14)11-5-4-8-15-11/h4-5,8,10,12-13H,3,6-7,9H2,1-2H3. The summed E-state index contributed by atoms with van der Waals surface area (Å²) in [6.45, 7) is 5.83. The maximum absolute atomic E-state index is 3.32. The number of nitrogens with zero attached hydrogens (tertiary/aromatic N) is 1. The maximum Gasteiger partial charge on any atom is 0.0482 e. The van der Waals surface area contributed by atoms with Gasteiger partial charge in [0.15, 0.2) is 0 Å². The van der Waals surface area contributed by atoms with Crippen LogP contribution in [0.1, 0.15) is 24.3 Å². The van der Waals surface area contributed by atoms with Crippen molar-refractivity contribution in [1.29, 1.82) is 0 Å². The molecule has 1 aliphatic rings. The molecular weight excluding hydrogens is 204 g/mol. The van der Waals surface area contributed by atoms with E-state index in [1.165, 1.54) is 24.4 Å². The van der Waals surface area contributed by atoms with E-state index in [1.807, 2.05) is 11.3 Å². The van der Waals surface area contributed by atoms with Crippen molar-refractivity contribution in [3.05, 3.63) is 22.4 Å². The first kappa shape index (κ1) is 11.1. The van der Waals surface area contributed by atoms with Crippen molar-refractivity contribution in [2.75, 3.05) is 26.7 Å². The van der Waals surface area contributed by atoms with Crippen molar-refractivity contribution < 1.29 is 0 Å². The number of hydrogen-bond donors (Lipinski definition) is 1. The Bertz CT molecular complexity index is 284. The van der Waals surface area contributed by atoms with E-state index >= 15 is 0 Å². The first-order valence-electron chi connectivity index (χ1n) is 5.78. The Hall–Kier alpha value is -0.380. The van der Waals surface area contributed by atoms with Gasteiger partial charge in [-0.15, -0.1) is 11.3 Å². The molecule has 3 heteroatoms. The van der Waals surface area contributed by atoms with Crippen LogP contribution in [-0.4, -0.2) is 31.6 Å². The van der Waals surface area contributed by atoms with Crippen molar-refractivity contribution in [3.8, 4) is 0 Å². The third kappa shape index (κ3) is 2.25. The highest BCUT2D eigenvalue weighted by atomic mass is 32.1. The van der Waals surface area contributed by atoms with Gasteiger partial charge in [0.25, 0.3) is 0 Å². The zero-order chi connectivity index (χ0) is 10.7. The molecule has 2 atom stereocenters. The molecule has 15 heavy (non-hydrogen) atoms. The van der Waals surface area contributed by atoms with Crippen LogP contribution in [-0.2, 0) is 0 Å². The summed E-state index contributed by atoms with van der Waals surface area (Å²) < 4.78 is 0. The molecule has 1 N–H and O–H groups in total. The molecule has 0 amide bonds. The Morgan fingerprint density at radius 1 is 1.60 bits per heavy atom. The molecule has 2 rings (SSSR count). The van der Waals surface area contributed by atoms with Crippen molar-refractivity contribution in [3.63, 3.8) is 0 Å². The number of likely N-dealkylation sites (tertiary alicyclic amines) is 1. The predicted molar refractivity (Wildman–Crippen MR) is 66.3 cm³/mol. The lowest BCUT2D eigenvalue weighted by molar-refractivity contribution is 0.242. The minimum atomic E-state index is 0.655. The summed E-state index contributed by atoms with van der Waals surface area (Å²) in [7, 11) is 2.06. The number of nitrogens with one attached hydrogen (secondary N) is 1. The van der Waals surface area contributed by atoms with Gasteiger partial charge in [-0.25, -0.2) is 0 Å². The largest absolute Gasteiger partial charge is 0.319 e. The summed E-state index contributed by atoms with van der Waals surface area (Å²) in [5.41, 5.74) is 0. The zero-order valence-corrected chi connectivity index (χ0v) is 10.4. The maximum atomic E-state index is 3.32. The molecule has 0 saturated carbocycles. The Balaban J connectivity index is 2.15. The van der Waals surface area contributed by atoms with E-state index in [0.717, 1.165) is 12.5 Å². The first-order valence-corrected chi connectivity index (χ1v) is 6.66. The summed E-state index contributed by atoms with van der Waals surface area (Å²) in [5, 5.41) is 5.52. The van der Waals surface area contributed by atoms with Crippen LogP contribution in [0.2, 0.25) is 0 Å². The van der Waals surface area contributed by atoms with Crippen LogP contribution >= 0.6 is 11.3 Å². The molecule has 1 fully saturated rings. The number of thiophene rings is 1. The van der Waals surface area contributed by atoms with Crippen LogP contribution < -0.4 is 5.32 Å². The second-order valence-corrected chi connectivity index (χ2v) is 5.17. The van der Waals surface area contributed by atoms with Gasteiger partial charge in [0.1, 0.15) is 0 Å². The van der Waals surface area contributed by atoms with E-state index in [-0.39, 0.29) is 0 Å². The molecule has 0 aliphatic carbocycles. The molecule has 1 aromatic rings. The van der Waals surface area contributed by atoms with Gasteiger partial charge >= 0.3 is 0 Å². The second kappa shape index (κ2) is 5.10. The van der Waals surface area contributed by atoms with Crippen molar-refractivity contribution in [2.45, 2.75) is 19.4 Å². The summed E-state index contributed by atoms with van der Waals surface area (Å²) in [6.07, 6.45) is 1.33. The minimum absolute atomic E-state index is 0.655. The average Bonchev–Trinajstić information content (AvgIpc) is 2.85. The highest BCUT2D eigenvalue weighted by Gasteiger charge is 2.34. The van der Waals surface area contributed by atoms with Crippen LogP contribution in [0.3, 0.4) is 0 Å². The third-order valence-electron chi connectivity index (χ3n) is 3.33. The Kier molecular flexibility index (Phi) is 3.78. The third-order valence-corrected chi connectivity index (χ3v) is 4.28. The quantitative estimate of drug-likeness (QED) is 0.844. The van der Waals surface area contributed by atoms with Crippen molar-refractivity contribution >= 4 is 11.3 Å². The van der Waals surface area contributed by atoms with Crippen LogP contribution in [0.15, 0.2) is 17.5 Å². The van der Waals surface area contributed by atoms with Gasteiger partial charge < -0.3 is 5.32 Å². The summed E-state index contributed by atoms with van der Waals surface area (Å²) in [4.78, 5) is 4.14. The summed E-state index contributed by atoms with van der Waals surface area (Å²) in [5.74, 6) is 0.786. The van der Waals surface area contributed by atoms with Gasteiger partial charge in [-0.05, 0) is 50.5 Å². The number of rotatable bonds is 4. The summed E-state index contributed by atoms with van der Waals surface area (Å²) in [6, 6.07) is 5.11. The van der Waals surface area contributed by atoms with Crippen molar-refractivity contribution in [2.24, 2.45) is 5.92 Å². The molecule has 2 heterocycles. The van der Waals surface area contributed by atoms with E-state index in [9.17, 15) is 0 Å². The van der Waals surface area contributed by atoms with Gasteiger partial charge in [-0.3, -0.25) is 4.90 Å². The molecule has 0 aromatic carbocycles. The summed E-state index contributed by atoms with van der Waals surface area (Å²) >= 11 is 1.90. The van der Waals surface area contributed by atoms with Crippen LogP contribution in [0.25, 0.3) is 0 Å². The van der Waals surface area contributed by atoms with Gasteiger partial charge in [-0.2, -0.15) is 0 Å². The zero-order valence-electron chi connectivity index (χ0n) is 9.57. The van der Waals surface area contributed by atoms with E-state index < -0.39 is 0 Å². The molecule has 84 valence electrons. The molecule has 0 bridgehead atoms. The molecular formula is C12H20N2S. The molecule has 1 saturated heterocycles.